The Morgan fingerprint density at radius 1 is 1.18 bits per heavy atom. The van der Waals surface area contributed by atoms with E-state index in [1.807, 2.05) is 24.3 Å². The summed E-state index contributed by atoms with van der Waals surface area (Å²) in [5.41, 5.74) is 2.20. The summed E-state index contributed by atoms with van der Waals surface area (Å²) in [5.74, 6) is 0.548. The van der Waals surface area contributed by atoms with Gasteiger partial charge in [-0.2, -0.15) is 0 Å². The lowest BCUT2D eigenvalue weighted by Crippen LogP contribution is -2.22. The lowest BCUT2D eigenvalue weighted by atomic mass is 10.2. The molecule has 4 nitrogen and oxygen atoms in total. The Bertz CT molecular complexity index is 768. The number of furan rings is 1. The molecule has 3 aromatic rings. The van der Waals surface area contributed by atoms with Gasteiger partial charge < -0.3 is 9.73 Å². The van der Waals surface area contributed by atoms with E-state index in [9.17, 15) is 4.79 Å². The number of rotatable bonds is 4. The SMILES string of the molecule is O=C(NCc1ccc(-c2ccco2)nc1)c1cccc(Cl)c1. The molecule has 0 aliphatic heterocycles. The molecule has 0 aliphatic carbocycles. The number of benzene rings is 1. The Morgan fingerprint density at radius 3 is 2.77 bits per heavy atom. The minimum atomic E-state index is -0.169. The number of carbonyl (C=O) groups is 1. The van der Waals surface area contributed by atoms with E-state index in [0.717, 1.165) is 17.0 Å². The van der Waals surface area contributed by atoms with Gasteiger partial charge in [-0.25, -0.2) is 0 Å². The van der Waals surface area contributed by atoms with Crippen molar-refractivity contribution in [3.63, 3.8) is 0 Å². The van der Waals surface area contributed by atoms with Crippen molar-refractivity contribution >= 4 is 17.5 Å². The van der Waals surface area contributed by atoms with Gasteiger partial charge in [0.15, 0.2) is 5.76 Å². The first-order valence-corrected chi connectivity index (χ1v) is 7.13. The van der Waals surface area contributed by atoms with Crippen LogP contribution in [0.3, 0.4) is 0 Å². The van der Waals surface area contributed by atoms with Crippen molar-refractivity contribution in [3.8, 4) is 11.5 Å². The van der Waals surface area contributed by atoms with Crippen LogP contribution in [0, 0.1) is 0 Å². The fraction of sp³-hybridized carbons (Fsp3) is 0.0588. The molecule has 1 aromatic carbocycles. The summed E-state index contributed by atoms with van der Waals surface area (Å²) < 4.78 is 5.28. The molecule has 1 N–H and O–H groups in total. The van der Waals surface area contributed by atoms with Crippen molar-refractivity contribution in [2.24, 2.45) is 0 Å². The van der Waals surface area contributed by atoms with Crippen molar-refractivity contribution in [2.45, 2.75) is 6.54 Å². The van der Waals surface area contributed by atoms with Crippen LogP contribution in [0.15, 0.2) is 65.4 Å². The summed E-state index contributed by atoms with van der Waals surface area (Å²) in [4.78, 5) is 16.3. The maximum absolute atomic E-state index is 12.0. The van der Waals surface area contributed by atoms with E-state index in [2.05, 4.69) is 10.3 Å². The highest BCUT2D eigenvalue weighted by atomic mass is 35.5. The summed E-state index contributed by atoms with van der Waals surface area (Å²) in [7, 11) is 0. The monoisotopic (exact) mass is 312 g/mol. The molecule has 0 aliphatic rings. The third-order valence-corrected chi connectivity index (χ3v) is 3.37. The second-order valence-electron chi connectivity index (χ2n) is 4.72. The molecule has 0 saturated heterocycles. The Balaban J connectivity index is 1.63. The first-order valence-electron chi connectivity index (χ1n) is 6.75. The van der Waals surface area contributed by atoms with Gasteiger partial charge in [-0.3, -0.25) is 9.78 Å². The van der Waals surface area contributed by atoms with Gasteiger partial charge in [-0.05, 0) is 42.0 Å². The van der Waals surface area contributed by atoms with Crippen molar-refractivity contribution in [2.75, 3.05) is 0 Å². The number of hydrogen-bond donors (Lipinski definition) is 1. The minimum absolute atomic E-state index is 0.169. The number of carbonyl (C=O) groups excluding carboxylic acids is 1. The van der Waals surface area contributed by atoms with E-state index in [4.69, 9.17) is 16.0 Å². The fourth-order valence-electron chi connectivity index (χ4n) is 2.01. The number of amides is 1. The average molecular weight is 313 g/mol. The smallest absolute Gasteiger partial charge is 0.251 e. The molecule has 0 spiro atoms. The number of halogens is 1. The molecule has 2 aromatic heterocycles. The summed E-state index contributed by atoms with van der Waals surface area (Å²) in [6.07, 6.45) is 3.33. The fourth-order valence-corrected chi connectivity index (χ4v) is 2.20. The zero-order valence-corrected chi connectivity index (χ0v) is 12.4. The number of nitrogens with one attached hydrogen (secondary N) is 1. The van der Waals surface area contributed by atoms with E-state index >= 15 is 0 Å². The van der Waals surface area contributed by atoms with Gasteiger partial charge >= 0.3 is 0 Å². The molecule has 22 heavy (non-hydrogen) atoms. The van der Waals surface area contributed by atoms with Crippen LogP contribution in [-0.2, 0) is 6.54 Å². The molecule has 0 bridgehead atoms. The largest absolute Gasteiger partial charge is 0.463 e. The molecule has 110 valence electrons. The summed E-state index contributed by atoms with van der Waals surface area (Å²) in [5, 5.41) is 3.37. The lowest BCUT2D eigenvalue weighted by molar-refractivity contribution is 0.0951. The maximum Gasteiger partial charge on any atom is 0.251 e. The van der Waals surface area contributed by atoms with Gasteiger partial charge in [-0.1, -0.05) is 23.7 Å². The second kappa shape index (κ2) is 6.45. The van der Waals surface area contributed by atoms with Crippen LogP contribution in [0.4, 0.5) is 0 Å². The van der Waals surface area contributed by atoms with Gasteiger partial charge in [0.2, 0.25) is 0 Å². The molecule has 2 heterocycles. The molecule has 0 radical (unpaired) electrons. The molecule has 1 amide bonds. The quantitative estimate of drug-likeness (QED) is 0.794. The van der Waals surface area contributed by atoms with E-state index in [-0.39, 0.29) is 5.91 Å². The highest BCUT2D eigenvalue weighted by Crippen LogP contribution is 2.17. The van der Waals surface area contributed by atoms with E-state index < -0.39 is 0 Å². The normalized spacial score (nSPS) is 10.4. The summed E-state index contributed by atoms with van der Waals surface area (Å²) in [6, 6.07) is 14.3. The van der Waals surface area contributed by atoms with E-state index in [1.165, 1.54) is 0 Å². The lowest BCUT2D eigenvalue weighted by Gasteiger charge is -2.06. The number of pyridine rings is 1. The van der Waals surface area contributed by atoms with Crippen LogP contribution < -0.4 is 5.32 Å². The third-order valence-electron chi connectivity index (χ3n) is 3.14. The zero-order valence-electron chi connectivity index (χ0n) is 11.6. The van der Waals surface area contributed by atoms with Crippen molar-refractivity contribution < 1.29 is 9.21 Å². The van der Waals surface area contributed by atoms with Crippen molar-refractivity contribution in [1.29, 1.82) is 0 Å². The summed E-state index contributed by atoms with van der Waals surface area (Å²) in [6.45, 7) is 0.400. The van der Waals surface area contributed by atoms with Gasteiger partial charge in [0.25, 0.3) is 5.91 Å². The molecule has 0 fully saturated rings. The predicted molar refractivity (Wildman–Crippen MR) is 84.6 cm³/mol. The number of hydrogen-bond acceptors (Lipinski definition) is 3. The van der Waals surface area contributed by atoms with Crippen LogP contribution in [0.5, 0.6) is 0 Å². The van der Waals surface area contributed by atoms with E-state index in [1.54, 1.807) is 36.7 Å². The zero-order chi connectivity index (χ0) is 15.4. The van der Waals surface area contributed by atoms with Gasteiger partial charge in [0.05, 0.1) is 6.26 Å². The van der Waals surface area contributed by atoms with Crippen LogP contribution in [0.1, 0.15) is 15.9 Å². The molecular formula is C17H13ClN2O2. The Hall–Kier alpha value is -2.59. The first-order chi connectivity index (χ1) is 10.7. The van der Waals surface area contributed by atoms with Crippen LogP contribution in [0.2, 0.25) is 5.02 Å². The van der Waals surface area contributed by atoms with Gasteiger partial charge in [0, 0.05) is 23.3 Å². The van der Waals surface area contributed by atoms with Crippen molar-refractivity contribution in [3.05, 3.63) is 77.1 Å². The van der Waals surface area contributed by atoms with Crippen LogP contribution in [-0.4, -0.2) is 10.9 Å². The van der Waals surface area contributed by atoms with Crippen LogP contribution >= 0.6 is 11.6 Å². The van der Waals surface area contributed by atoms with Gasteiger partial charge in [0.1, 0.15) is 5.69 Å². The topological polar surface area (TPSA) is 55.1 Å². The summed E-state index contributed by atoms with van der Waals surface area (Å²) >= 11 is 5.87. The highest BCUT2D eigenvalue weighted by Gasteiger charge is 2.06. The van der Waals surface area contributed by atoms with Crippen LogP contribution in [0.25, 0.3) is 11.5 Å². The number of aromatic nitrogens is 1. The van der Waals surface area contributed by atoms with Crippen molar-refractivity contribution in [1.82, 2.24) is 10.3 Å². The molecule has 0 saturated carbocycles. The third kappa shape index (κ3) is 3.35. The predicted octanol–water partition coefficient (Wildman–Crippen LogP) is 3.93. The Kier molecular flexibility index (Phi) is 4.21. The second-order valence-corrected chi connectivity index (χ2v) is 5.16. The molecule has 5 heteroatoms. The molecule has 0 atom stereocenters. The number of nitrogens with zero attached hydrogens (tertiary/aromatic N) is 1. The Morgan fingerprint density at radius 2 is 2.09 bits per heavy atom. The standard InChI is InChI=1S/C17H13ClN2O2/c18-14-4-1-3-13(9-14)17(21)20-11-12-6-7-15(19-10-12)16-5-2-8-22-16/h1-10H,11H2,(H,20,21). The first kappa shape index (κ1) is 14.4. The Labute approximate surface area is 132 Å². The van der Waals surface area contributed by atoms with E-state index in [0.29, 0.717) is 17.1 Å². The molecular weight excluding hydrogens is 300 g/mol. The van der Waals surface area contributed by atoms with Gasteiger partial charge in [-0.15, -0.1) is 0 Å². The average Bonchev–Trinajstić information content (AvgIpc) is 3.07. The maximum atomic E-state index is 12.0. The minimum Gasteiger partial charge on any atom is -0.463 e. The highest BCUT2D eigenvalue weighted by molar-refractivity contribution is 6.30. The molecule has 3 rings (SSSR count). The molecule has 0 unspecified atom stereocenters.